The fraction of sp³-hybridized carbons (Fsp3) is 0.353. The molecule has 0 spiro atoms. The van der Waals surface area contributed by atoms with E-state index in [0.717, 1.165) is 22.8 Å². The van der Waals surface area contributed by atoms with Crippen LogP contribution in [-0.2, 0) is 17.3 Å². The van der Waals surface area contributed by atoms with Gasteiger partial charge in [0.05, 0.1) is 12.7 Å². The number of hydrogen-bond acceptors (Lipinski definition) is 3. The summed E-state index contributed by atoms with van der Waals surface area (Å²) in [5.41, 5.74) is 2.58. The van der Waals surface area contributed by atoms with E-state index < -0.39 is 11.9 Å². The number of ether oxygens (including phenoxy) is 1. The highest BCUT2D eigenvalue weighted by Crippen LogP contribution is 2.36. The third-order valence-corrected chi connectivity index (χ3v) is 3.98. The Labute approximate surface area is 144 Å². The minimum atomic E-state index is -4.44. The highest BCUT2D eigenvalue weighted by molar-refractivity contribution is 5.85. The van der Waals surface area contributed by atoms with Crippen molar-refractivity contribution in [2.75, 3.05) is 20.2 Å². The Morgan fingerprint density at radius 1 is 1.29 bits per heavy atom. The number of nitrogens with zero attached hydrogens (tertiary/aromatic N) is 1. The van der Waals surface area contributed by atoms with E-state index >= 15 is 0 Å². The molecule has 1 atom stereocenters. The van der Waals surface area contributed by atoms with Crippen LogP contribution >= 0.6 is 12.4 Å². The standard InChI is InChI=1S/C17H17F3N2O.ClH/c1-21-10-15-14-4-2-3-12(13(14)6-8-23-15)11-5-7-22-16(9-11)17(18,19)20;/h2-5,7,9,15,21H,6,8,10H2,1H3;1H/t15-;/m0./s1. The molecule has 0 aliphatic carbocycles. The van der Waals surface area contributed by atoms with E-state index in [0.29, 0.717) is 25.1 Å². The van der Waals surface area contributed by atoms with E-state index in [9.17, 15) is 13.2 Å². The summed E-state index contributed by atoms with van der Waals surface area (Å²) in [6, 6.07) is 8.42. The van der Waals surface area contributed by atoms with E-state index in [1.54, 1.807) is 6.07 Å². The average molecular weight is 359 g/mol. The normalized spacial score (nSPS) is 17.1. The van der Waals surface area contributed by atoms with Gasteiger partial charge in [0.25, 0.3) is 0 Å². The van der Waals surface area contributed by atoms with Gasteiger partial charge in [-0.15, -0.1) is 12.4 Å². The molecule has 0 saturated heterocycles. The number of benzene rings is 1. The van der Waals surface area contributed by atoms with Crippen LogP contribution in [0.4, 0.5) is 13.2 Å². The first-order valence-corrected chi connectivity index (χ1v) is 7.42. The van der Waals surface area contributed by atoms with Gasteiger partial charge in [-0.3, -0.25) is 4.98 Å². The zero-order valence-electron chi connectivity index (χ0n) is 13.1. The van der Waals surface area contributed by atoms with Crippen molar-refractivity contribution in [3.05, 3.63) is 53.3 Å². The van der Waals surface area contributed by atoms with Gasteiger partial charge in [-0.1, -0.05) is 18.2 Å². The van der Waals surface area contributed by atoms with Gasteiger partial charge < -0.3 is 10.1 Å². The molecular weight excluding hydrogens is 341 g/mol. The van der Waals surface area contributed by atoms with Crippen molar-refractivity contribution >= 4 is 12.4 Å². The molecule has 1 aromatic heterocycles. The minimum absolute atomic E-state index is 0. The number of pyridine rings is 1. The first kappa shape index (κ1) is 18.7. The molecule has 2 aromatic rings. The topological polar surface area (TPSA) is 34.1 Å². The van der Waals surface area contributed by atoms with Gasteiger partial charge in [0.15, 0.2) is 0 Å². The highest BCUT2D eigenvalue weighted by Gasteiger charge is 2.33. The average Bonchev–Trinajstić information content (AvgIpc) is 2.54. The van der Waals surface area contributed by atoms with Crippen molar-refractivity contribution in [3.8, 4) is 11.1 Å². The van der Waals surface area contributed by atoms with Gasteiger partial charge in [0.1, 0.15) is 5.69 Å². The number of halogens is 4. The van der Waals surface area contributed by atoms with Crippen LogP contribution in [0.3, 0.4) is 0 Å². The van der Waals surface area contributed by atoms with Crippen LogP contribution < -0.4 is 5.32 Å². The molecule has 0 bridgehead atoms. The molecule has 0 saturated carbocycles. The molecule has 3 rings (SSSR count). The summed E-state index contributed by atoms with van der Waals surface area (Å²) in [6.07, 6.45) is -2.62. The molecule has 1 aromatic carbocycles. The second-order valence-corrected chi connectivity index (χ2v) is 5.47. The van der Waals surface area contributed by atoms with Crippen molar-refractivity contribution < 1.29 is 17.9 Å². The third-order valence-electron chi connectivity index (χ3n) is 3.98. The van der Waals surface area contributed by atoms with Crippen LogP contribution in [0, 0.1) is 0 Å². The van der Waals surface area contributed by atoms with Gasteiger partial charge in [0.2, 0.25) is 0 Å². The number of likely N-dealkylation sites (N-methyl/N-ethyl adjacent to an activating group) is 1. The summed E-state index contributed by atoms with van der Waals surface area (Å²) >= 11 is 0. The molecule has 1 N–H and O–H groups in total. The summed E-state index contributed by atoms with van der Waals surface area (Å²) < 4.78 is 44.4. The lowest BCUT2D eigenvalue weighted by molar-refractivity contribution is -0.141. The predicted octanol–water partition coefficient (Wildman–Crippen LogP) is 4.02. The van der Waals surface area contributed by atoms with E-state index in [2.05, 4.69) is 10.3 Å². The Kier molecular flexibility index (Phi) is 5.85. The molecule has 0 unspecified atom stereocenters. The predicted molar refractivity (Wildman–Crippen MR) is 88.2 cm³/mol. The summed E-state index contributed by atoms with van der Waals surface area (Å²) in [7, 11) is 1.85. The molecule has 7 heteroatoms. The summed E-state index contributed by atoms with van der Waals surface area (Å²) in [5, 5.41) is 3.08. The maximum absolute atomic E-state index is 12.9. The maximum Gasteiger partial charge on any atom is 0.433 e. The fourth-order valence-electron chi connectivity index (χ4n) is 2.96. The second-order valence-electron chi connectivity index (χ2n) is 5.47. The number of hydrogen-bond donors (Lipinski definition) is 1. The van der Waals surface area contributed by atoms with Gasteiger partial charge in [-0.05, 0) is 47.9 Å². The largest absolute Gasteiger partial charge is 0.433 e. The van der Waals surface area contributed by atoms with Crippen molar-refractivity contribution in [3.63, 3.8) is 0 Å². The molecule has 3 nitrogen and oxygen atoms in total. The van der Waals surface area contributed by atoms with Crippen LogP contribution in [0.25, 0.3) is 11.1 Å². The van der Waals surface area contributed by atoms with Crippen molar-refractivity contribution in [1.29, 1.82) is 0 Å². The Balaban J connectivity index is 0.00000208. The molecule has 0 fully saturated rings. The molecule has 130 valence electrons. The van der Waals surface area contributed by atoms with Gasteiger partial charge in [-0.2, -0.15) is 13.2 Å². The Morgan fingerprint density at radius 3 is 2.79 bits per heavy atom. The minimum Gasteiger partial charge on any atom is -0.372 e. The SMILES string of the molecule is CNC[C@@H]1OCCc2c(-c3ccnc(C(F)(F)F)c3)cccc21.Cl. The first-order valence-electron chi connectivity index (χ1n) is 7.42. The molecule has 1 aliphatic rings. The zero-order valence-corrected chi connectivity index (χ0v) is 13.9. The smallest absolute Gasteiger partial charge is 0.372 e. The Bertz CT molecular complexity index is 706. The lowest BCUT2D eigenvalue weighted by Gasteiger charge is -2.28. The number of alkyl halides is 3. The number of rotatable bonds is 3. The Morgan fingerprint density at radius 2 is 2.08 bits per heavy atom. The molecule has 0 amide bonds. The van der Waals surface area contributed by atoms with E-state index in [4.69, 9.17) is 4.74 Å². The lowest BCUT2D eigenvalue weighted by atomic mass is 9.89. The third kappa shape index (κ3) is 3.71. The second kappa shape index (κ2) is 7.51. The lowest BCUT2D eigenvalue weighted by Crippen LogP contribution is -2.25. The number of aromatic nitrogens is 1. The monoisotopic (exact) mass is 358 g/mol. The maximum atomic E-state index is 12.9. The molecule has 0 radical (unpaired) electrons. The quantitative estimate of drug-likeness (QED) is 0.899. The van der Waals surface area contributed by atoms with Crippen LogP contribution in [0.1, 0.15) is 22.9 Å². The fourth-order valence-corrected chi connectivity index (χ4v) is 2.96. The van der Waals surface area contributed by atoms with Crippen molar-refractivity contribution in [1.82, 2.24) is 10.3 Å². The van der Waals surface area contributed by atoms with Crippen LogP contribution in [-0.4, -0.2) is 25.2 Å². The van der Waals surface area contributed by atoms with Crippen LogP contribution in [0.5, 0.6) is 0 Å². The van der Waals surface area contributed by atoms with E-state index in [1.807, 2.05) is 25.2 Å². The zero-order chi connectivity index (χ0) is 16.4. The van der Waals surface area contributed by atoms with Gasteiger partial charge in [0, 0.05) is 12.7 Å². The van der Waals surface area contributed by atoms with Crippen molar-refractivity contribution in [2.24, 2.45) is 0 Å². The van der Waals surface area contributed by atoms with E-state index in [-0.39, 0.29) is 18.5 Å². The Hall–Kier alpha value is -1.63. The summed E-state index contributed by atoms with van der Waals surface area (Å²) in [6.45, 7) is 1.23. The molecule has 2 heterocycles. The van der Waals surface area contributed by atoms with Crippen LogP contribution in [0.2, 0.25) is 0 Å². The summed E-state index contributed by atoms with van der Waals surface area (Å²) in [5.74, 6) is 0. The van der Waals surface area contributed by atoms with Gasteiger partial charge >= 0.3 is 6.18 Å². The first-order chi connectivity index (χ1) is 11.0. The number of fused-ring (bicyclic) bond motifs is 1. The molecular formula is C17H18ClF3N2O. The summed E-state index contributed by atoms with van der Waals surface area (Å²) in [4.78, 5) is 3.43. The van der Waals surface area contributed by atoms with Gasteiger partial charge in [-0.25, -0.2) is 0 Å². The number of nitrogens with one attached hydrogen (secondary N) is 1. The van der Waals surface area contributed by atoms with Crippen molar-refractivity contribution in [2.45, 2.75) is 18.7 Å². The highest BCUT2D eigenvalue weighted by atomic mass is 35.5. The molecule has 1 aliphatic heterocycles. The van der Waals surface area contributed by atoms with Crippen LogP contribution in [0.15, 0.2) is 36.5 Å². The molecule has 24 heavy (non-hydrogen) atoms. The van der Waals surface area contributed by atoms with E-state index in [1.165, 1.54) is 6.20 Å².